The summed E-state index contributed by atoms with van der Waals surface area (Å²) in [6, 6.07) is 34.8. The molecule has 0 unspecified atom stereocenters. The Balaban J connectivity index is 1.76. The fourth-order valence-electron chi connectivity index (χ4n) is 5.25. The maximum atomic E-state index is 5.04. The Hall–Kier alpha value is -4.37. The van der Waals surface area contributed by atoms with Gasteiger partial charge in [-0.1, -0.05) is 71.8 Å². The lowest BCUT2D eigenvalue weighted by Crippen LogP contribution is -1.99. The zero-order valence-electron chi connectivity index (χ0n) is 19.2. The minimum atomic E-state index is 1.03. The Morgan fingerprint density at radius 3 is 1.62 bits per heavy atom. The van der Waals surface area contributed by atoms with Crippen LogP contribution in [-0.2, 0) is 0 Å². The van der Waals surface area contributed by atoms with Gasteiger partial charge in [0.05, 0.1) is 27.6 Å². The summed E-state index contributed by atoms with van der Waals surface area (Å²) >= 11 is 0. The van der Waals surface area contributed by atoms with Gasteiger partial charge in [-0.05, 0) is 50.2 Å². The number of rotatable bonds is 2. The van der Waals surface area contributed by atoms with Crippen molar-refractivity contribution >= 4 is 43.7 Å². The standard InChI is InChI=1S/C31H23N3/c1-20-11-15-22(16-12-20)33-27-9-5-3-7-24(27)26-19-32-29-25-8-4-6-10-28(25)34(31(29)30(26)33)23-17-13-21(2)14-18-23/h3-19H,1-2H3. The van der Waals surface area contributed by atoms with Gasteiger partial charge in [-0.15, -0.1) is 0 Å². The molecule has 0 N–H and O–H groups in total. The van der Waals surface area contributed by atoms with Crippen LogP contribution in [0.4, 0.5) is 0 Å². The molecule has 0 atom stereocenters. The fraction of sp³-hybridized carbons (Fsp3) is 0.0645. The smallest absolute Gasteiger partial charge is 0.0985 e. The molecule has 0 aliphatic heterocycles. The highest BCUT2D eigenvalue weighted by molar-refractivity contribution is 6.22. The van der Waals surface area contributed by atoms with Crippen LogP contribution >= 0.6 is 0 Å². The van der Waals surface area contributed by atoms with Crippen LogP contribution in [0.1, 0.15) is 11.1 Å². The minimum Gasteiger partial charge on any atom is -0.307 e. The molecule has 3 heteroatoms. The van der Waals surface area contributed by atoms with E-state index in [4.69, 9.17) is 4.98 Å². The van der Waals surface area contributed by atoms with E-state index in [1.54, 1.807) is 0 Å². The molecular formula is C31H23N3. The number of hydrogen-bond acceptors (Lipinski definition) is 1. The first kappa shape index (κ1) is 19.1. The van der Waals surface area contributed by atoms with E-state index >= 15 is 0 Å². The normalized spacial score (nSPS) is 11.8. The second-order valence-electron chi connectivity index (χ2n) is 9.09. The van der Waals surface area contributed by atoms with Crippen molar-refractivity contribution in [3.05, 3.63) is 114 Å². The van der Waals surface area contributed by atoms with Gasteiger partial charge in [-0.3, -0.25) is 4.98 Å². The molecule has 4 aromatic carbocycles. The molecule has 0 spiro atoms. The van der Waals surface area contributed by atoms with Crippen LogP contribution in [0.2, 0.25) is 0 Å². The number of fused-ring (bicyclic) bond motifs is 7. The van der Waals surface area contributed by atoms with Gasteiger partial charge in [0.15, 0.2) is 0 Å². The maximum Gasteiger partial charge on any atom is 0.0985 e. The van der Waals surface area contributed by atoms with Crippen molar-refractivity contribution in [1.29, 1.82) is 0 Å². The molecule has 0 amide bonds. The molecule has 0 fully saturated rings. The Labute approximate surface area is 197 Å². The van der Waals surface area contributed by atoms with Crippen molar-refractivity contribution in [2.45, 2.75) is 13.8 Å². The third-order valence-electron chi connectivity index (χ3n) is 6.89. The lowest BCUT2D eigenvalue weighted by Gasteiger charge is -2.12. The first-order chi connectivity index (χ1) is 16.7. The number of nitrogens with zero attached hydrogens (tertiary/aromatic N) is 3. The third kappa shape index (κ3) is 2.61. The van der Waals surface area contributed by atoms with Gasteiger partial charge < -0.3 is 9.13 Å². The summed E-state index contributed by atoms with van der Waals surface area (Å²) in [4.78, 5) is 5.04. The summed E-state index contributed by atoms with van der Waals surface area (Å²) in [6.45, 7) is 4.26. The Bertz CT molecular complexity index is 1710. The number of benzene rings is 4. The van der Waals surface area contributed by atoms with Gasteiger partial charge in [0.1, 0.15) is 0 Å². The van der Waals surface area contributed by atoms with Crippen molar-refractivity contribution in [2.24, 2.45) is 0 Å². The topological polar surface area (TPSA) is 22.8 Å². The highest BCUT2D eigenvalue weighted by Gasteiger charge is 2.21. The summed E-state index contributed by atoms with van der Waals surface area (Å²) < 4.78 is 4.78. The zero-order chi connectivity index (χ0) is 22.8. The summed E-state index contributed by atoms with van der Waals surface area (Å²) in [5.74, 6) is 0. The minimum absolute atomic E-state index is 1.03. The molecule has 0 radical (unpaired) electrons. The highest BCUT2D eigenvalue weighted by Crippen LogP contribution is 2.40. The second kappa shape index (κ2) is 7.06. The molecule has 3 aromatic heterocycles. The van der Waals surface area contributed by atoms with Gasteiger partial charge in [-0.2, -0.15) is 0 Å². The van der Waals surface area contributed by atoms with E-state index in [0.29, 0.717) is 0 Å². The van der Waals surface area contributed by atoms with Crippen molar-refractivity contribution in [3.63, 3.8) is 0 Å². The van der Waals surface area contributed by atoms with Crippen molar-refractivity contribution < 1.29 is 0 Å². The van der Waals surface area contributed by atoms with Crippen molar-refractivity contribution in [1.82, 2.24) is 14.1 Å². The SMILES string of the molecule is Cc1ccc(-n2c3ccccc3c3cnc4c5ccccc5n(-c5ccc(C)cc5)c4c32)cc1. The largest absolute Gasteiger partial charge is 0.307 e. The van der Waals surface area contributed by atoms with Crippen LogP contribution in [-0.4, -0.2) is 14.1 Å². The van der Waals surface area contributed by atoms with Crippen LogP contribution in [0.25, 0.3) is 55.1 Å². The first-order valence-corrected chi connectivity index (χ1v) is 11.7. The van der Waals surface area contributed by atoms with Crippen molar-refractivity contribution in [2.75, 3.05) is 0 Å². The summed E-state index contributed by atoms with van der Waals surface area (Å²) in [6.07, 6.45) is 2.05. The van der Waals surface area contributed by atoms with E-state index in [1.807, 2.05) is 0 Å². The average Bonchev–Trinajstić information content (AvgIpc) is 3.38. The fourth-order valence-corrected chi connectivity index (χ4v) is 5.25. The predicted octanol–water partition coefficient (Wildman–Crippen LogP) is 7.89. The first-order valence-electron chi connectivity index (χ1n) is 11.7. The van der Waals surface area contributed by atoms with E-state index in [-0.39, 0.29) is 0 Å². The van der Waals surface area contributed by atoms with Gasteiger partial charge in [0, 0.05) is 33.7 Å². The van der Waals surface area contributed by atoms with E-state index in [1.165, 1.54) is 43.8 Å². The molecule has 0 aliphatic carbocycles. The van der Waals surface area contributed by atoms with Crippen molar-refractivity contribution in [3.8, 4) is 11.4 Å². The number of aromatic nitrogens is 3. The molecule has 0 bridgehead atoms. The Morgan fingerprint density at radius 1 is 0.500 bits per heavy atom. The third-order valence-corrected chi connectivity index (χ3v) is 6.89. The number of para-hydroxylation sites is 2. The number of pyridine rings is 1. The lowest BCUT2D eigenvalue weighted by molar-refractivity contribution is 1.14. The molecule has 7 rings (SSSR count). The average molecular weight is 438 g/mol. The van der Waals surface area contributed by atoms with E-state index in [9.17, 15) is 0 Å². The molecule has 0 aliphatic rings. The monoisotopic (exact) mass is 437 g/mol. The molecule has 34 heavy (non-hydrogen) atoms. The Kier molecular flexibility index (Phi) is 3.97. The molecule has 3 heterocycles. The summed E-state index contributed by atoms with van der Waals surface area (Å²) in [5.41, 5.74) is 10.5. The molecule has 0 saturated heterocycles. The van der Waals surface area contributed by atoms with E-state index in [2.05, 4.69) is 126 Å². The zero-order valence-corrected chi connectivity index (χ0v) is 19.2. The molecule has 7 aromatic rings. The maximum absolute atomic E-state index is 5.04. The lowest BCUT2D eigenvalue weighted by atomic mass is 10.2. The van der Waals surface area contributed by atoms with Crippen LogP contribution in [0.5, 0.6) is 0 Å². The van der Waals surface area contributed by atoms with Crippen LogP contribution in [0.3, 0.4) is 0 Å². The number of hydrogen-bond donors (Lipinski definition) is 0. The molecule has 3 nitrogen and oxygen atoms in total. The summed E-state index contributed by atoms with van der Waals surface area (Å²) in [5, 5.41) is 3.55. The van der Waals surface area contributed by atoms with Gasteiger partial charge in [-0.25, -0.2) is 0 Å². The quantitative estimate of drug-likeness (QED) is 0.270. The molecule has 0 saturated carbocycles. The van der Waals surface area contributed by atoms with Crippen LogP contribution in [0.15, 0.2) is 103 Å². The number of aryl methyl sites for hydroxylation is 2. The Morgan fingerprint density at radius 2 is 1.00 bits per heavy atom. The van der Waals surface area contributed by atoms with Crippen LogP contribution < -0.4 is 0 Å². The van der Waals surface area contributed by atoms with E-state index < -0.39 is 0 Å². The van der Waals surface area contributed by atoms with Crippen LogP contribution in [0, 0.1) is 13.8 Å². The second-order valence-corrected chi connectivity index (χ2v) is 9.09. The summed E-state index contributed by atoms with van der Waals surface area (Å²) in [7, 11) is 0. The highest BCUT2D eigenvalue weighted by atomic mass is 15.1. The van der Waals surface area contributed by atoms with E-state index in [0.717, 1.165) is 22.4 Å². The van der Waals surface area contributed by atoms with Gasteiger partial charge in [0.25, 0.3) is 0 Å². The molecule has 162 valence electrons. The molecular weight excluding hydrogens is 414 g/mol. The predicted molar refractivity (Wildman–Crippen MR) is 142 cm³/mol. The van der Waals surface area contributed by atoms with Gasteiger partial charge in [0.2, 0.25) is 0 Å². The van der Waals surface area contributed by atoms with Gasteiger partial charge >= 0.3 is 0 Å².